The summed E-state index contributed by atoms with van der Waals surface area (Å²) < 4.78 is 0. The number of rotatable bonds is 1. The first-order chi connectivity index (χ1) is 7.74. The van der Waals surface area contributed by atoms with Gasteiger partial charge in [-0.25, -0.2) is 0 Å². The van der Waals surface area contributed by atoms with E-state index in [4.69, 9.17) is 0 Å². The van der Waals surface area contributed by atoms with Gasteiger partial charge in [-0.2, -0.15) is 0 Å². The first-order valence-electron chi connectivity index (χ1n) is 6.08. The fourth-order valence-electron chi connectivity index (χ4n) is 3.10. The van der Waals surface area contributed by atoms with E-state index in [0.29, 0.717) is 5.41 Å². The molecule has 0 aliphatic heterocycles. The van der Waals surface area contributed by atoms with Crippen LogP contribution in [0.3, 0.4) is 0 Å². The third-order valence-electron chi connectivity index (χ3n) is 4.07. The molecular weight excluding hydrogens is 214 g/mol. The molecule has 0 atom stereocenters. The molecule has 2 aromatic rings. The van der Waals surface area contributed by atoms with Crippen molar-refractivity contribution < 1.29 is 0 Å². The fourth-order valence-corrected chi connectivity index (χ4v) is 4.32. The van der Waals surface area contributed by atoms with Gasteiger partial charge in [-0.15, -0.1) is 11.3 Å². The Hall–Kier alpha value is -1.02. The quantitative estimate of drug-likeness (QED) is 0.760. The maximum atomic E-state index is 3.59. The summed E-state index contributed by atoms with van der Waals surface area (Å²) in [6, 6.07) is 4.79. The zero-order chi connectivity index (χ0) is 10.9. The Kier molecular flexibility index (Phi) is 1.48. The smallest absolute Gasteiger partial charge is 0.0405 e. The van der Waals surface area contributed by atoms with Crippen LogP contribution in [0.4, 0.5) is 0 Å². The molecule has 0 bridgehead atoms. The second-order valence-electron chi connectivity index (χ2n) is 5.13. The minimum atomic E-state index is 0.406. The van der Waals surface area contributed by atoms with Gasteiger partial charge in [0.2, 0.25) is 0 Å². The molecular formula is C14H15NS. The number of nitrogens with one attached hydrogen (secondary N) is 1. The predicted molar refractivity (Wildman–Crippen MR) is 68.2 cm³/mol. The molecule has 1 nitrogen and oxygen atoms in total. The van der Waals surface area contributed by atoms with Gasteiger partial charge in [0.25, 0.3) is 0 Å². The largest absolute Gasteiger partial charge is 0.361 e. The predicted octanol–water partition coefficient (Wildman–Crippen LogP) is 4.01. The van der Waals surface area contributed by atoms with Crippen LogP contribution in [-0.4, -0.2) is 4.98 Å². The van der Waals surface area contributed by atoms with E-state index in [2.05, 4.69) is 31.0 Å². The second kappa shape index (κ2) is 2.62. The maximum absolute atomic E-state index is 3.59. The number of aromatic amines is 1. The molecule has 4 rings (SSSR count). The Morgan fingerprint density at radius 3 is 2.88 bits per heavy atom. The Labute approximate surface area is 99.5 Å². The van der Waals surface area contributed by atoms with E-state index >= 15 is 0 Å². The average molecular weight is 229 g/mol. The van der Waals surface area contributed by atoms with Crippen molar-refractivity contribution in [2.24, 2.45) is 0 Å². The molecule has 0 aromatic carbocycles. The summed E-state index contributed by atoms with van der Waals surface area (Å²) in [7, 11) is 0. The first-order valence-corrected chi connectivity index (χ1v) is 6.90. The lowest BCUT2D eigenvalue weighted by atomic mass is 9.99. The Morgan fingerprint density at radius 2 is 2.19 bits per heavy atom. The highest BCUT2D eigenvalue weighted by Crippen LogP contribution is 2.64. The summed E-state index contributed by atoms with van der Waals surface area (Å²) in [6.07, 6.45) is 3.85. The van der Waals surface area contributed by atoms with Gasteiger partial charge >= 0.3 is 0 Å². The lowest BCUT2D eigenvalue weighted by Gasteiger charge is -2.07. The van der Waals surface area contributed by atoms with Crippen molar-refractivity contribution in [3.8, 4) is 10.4 Å². The van der Waals surface area contributed by atoms with E-state index in [-0.39, 0.29) is 0 Å². The van der Waals surface area contributed by atoms with E-state index in [1.165, 1.54) is 36.2 Å². The molecule has 2 aromatic heterocycles. The van der Waals surface area contributed by atoms with Gasteiger partial charge < -0.3 is 4.98 Å². The van der Waals surface area contributed by atoms with Crippen molar-refractivity contribution in [3.05, 3.63) is 34.0 Å². The Bertz CT molecular complexity index is 584. The zero-order valence-corrected chi connectivity index (χ0v) is 10.5. The van der Waals surface area contributed by atoms with E-state index in [1.807, 2.05) is 11.3 Å². The van der Waals surface area contributed by atoms with Crippen molar-refractivity contribution in [2.45, 2.75) is 38.5 Å². The van der Waals surface area contributed by atoms with E-state index in [0.717, 1.165) is 0 Å². The number of aromatic nitrogens is 1. The lowest BCUT2D eigenvalue weighted by Crippen LogP contribution is -2.04. The molecule has 16 heavy (non-hydrogen) atoms. The molecule has 2 heteroatoms. The molecule has 1 spiro atoms. The van der Waals surface area contributed by atoms with Gasteiger partial charge in [0.05, 0.1) is 0 Å². The highest BCUT2D eigenvalue weighted by atomic mass is 32.1. The lowest BCUT2D eigenvalue weighted by molar-refractivity contribution is 0.836. The SMILES string of the molecule is CCc1cc2c(s1)-c1cc(C)[nH]c1C21CC1. The molecule has 1 fully saturated rings. The third-order valence-corrected chi connectivity index (χ3v) is 5.39. The summed E-state index contributed by atoms with van der Waals surface area (Å²) >= 11 is 2.00. The van der Waals surface area contributed by atoms with Gasteiger partial charge in [-0.1, -0.05) is 6.92 Å². The number of thiophene rings is 1. The van der Waals surface area contributed by atoms with Crippen molar-refractivity contribution in [2.75, 3.05) is 0 Å². The van der Waals surface area contributed by atoms with Crippen molar-refractivity contribution in [3.63, 3.8) is 0 Å². The van der Waals surface area contributed by atoms with E-state index in [1.54, 1.807) is 15.3 Å². The molecule has 0 saturated heterocycles. The molecule has 2 heterocycles. The Balaban J connectivity index is 2.03. The van der Waals surface area contributed by atoms with Gasteiger partial charge in [0.15, 0.2) is 0 Å². The van der Waals surface area contributed by atoms with Crippen LogP contribution < -0.4 is 0 Å². The molecule has 2 aliphatic rings. The van der Waals surface area contributed by atoms with E-state index < -0.39 is 0 Å². The highest BCUT2D eigenvalue weighted by Gasteiger charge is 2.54. The second-order valence-corrected chi connectivity index (χ2v) is 6.27. The van der Waals surface area contributed by atoms with Crippen LogP contribution in [0.2, 0.25) is 0 Å². The van der Waals surface area contributed by atoms with Crippen LogP contribution >= 0.6 is 11.3 Å². The van der Waals surface area contributed by atoms with Crippen LogP contribution in [0, 0.1) is 6.92 Å². The number of fused-ring (bicyclic) bond motifs is 5. The topological polar surface area (TPSA) is 15.8 Å². The summed E-state index contributed by atoms with van der Waals surface area (Å²) in [4.78, 5) is 6.68. The van der Waals surface area contributed by atoms with E-state index in [9.17, 15) is 0 Å². The third kappa shape index (κ3) is 0.881. The van der Waals surface area contributed by atoms with Crippen molar-refractivity contribution >= 4 is 11.3 Å². The standard InChI is InChI=1S/C14H15NS/c1-3-9-7-11-12(16-9)10-6-8(2)15-13(10)14(11)4-5-14/h6-7,15H,3-5H2,1-2H3. The number of aryl methyl sites for hydroxylation is 2. The minimum Gasteiger partial charge on any atom is -0.361 e. The first kappa shape index (κ1) is 9.06. The minimum absolute atomic E-state index is 0.406. The van der Waals surface area contributed by atoms with Gasteiger partial charge in [0, 0.05) is 32.1 Å². The normalized spacial score (nSPS) is 18.9. The molecule has 82 valence electrons. The van der Waals surface area contributed by atoms with Crippen LogP contribution in [0.5, 0.6) is 0 Å². The number of hydrogen-bond donors (Lipinski definition) is 1. The summed E-state index contributed by atoms with van der Waals surface area (Å²) in [5, 5.41) is 0. The molecule has 1 saturated carbocycles. The van der Waals surface area contributed by atoms with Gasteiger partial charge in [-0.05, 0) is 43.9 Å². The highest BCUT2D eigenvalue weighted by molar-refractivity contribution is 7.15. The van der Waals surface area contributed by atoms with Gasteiger partial charge in [0.1, 0.15) is 0 Å². The summed E-state index contributed by atoms with van der Waals surface area (Å²) in [5.74, 6) is 0. The average Bonchev–Trinajstić information content (AvgIpc) is 2.73. The number of hydrogen-bond acceptors (Lipinski definition) is 1. The molecule has 0 radical (unpaired) electrons. The van der Waals surface area contributed by atoms with Crippen LogP contribution in [-0.2, 0) is 11.8 Å². The fraction of sp³-hybridized carbons (Fsp3) is 0.429. The molecule has 0 amide bonds. The number of H-pyrrole nitrogens is 1. The van der Waals surface area contributed by atoms with Crippen LogP contribution in [0.25, 0.3) is 10.4 Å². The van der Waals surface area contributed by atoms with Crippen molar-refractivity contribution in [1.29, 1.82) is 0 Å². The molecule has 1 N–H and O–H groups in total. The monoisotopic (exact) mass is 229 g/mol. The Morgan fingerprint density at radius 1 is 1.38 bits per heavy atom. The summed E-state index contributed by atoms with van der Waals surface area (Å²) in [6.45, 7) is 4.42. The van der Waals surface area contributed by atoms with Crippen LogP contribution in [0.15, 0.2) is 12.1 Å². The zero-order valence-electron chi connectivity index (χ0n) is 9.68. The summed E-state index contributed by atoms with van der Waals surface area (Å²) in [5.41, 5.74) is 6.34. The molecule has 2 aliphatic carbocycles. The molecule has 0 unspecified atom stereocenters. The van der Waals surface area contributed by atoms with Crippen molar-refractivity contribution in [1.82, 2.24) is 4.98 Å². The van der Waals surface area contributed by atoms with Gasteiger partial charge in [-0.3, -0.25) is 0 Å². The maximum Gasteiger partial charge on any atom is 0.0405 e. The van der Waals surface area contributed by atoms with Crippen LogP contribution in [0.1, 0.15) is 41.6 Å².